The summed E-state index contributed by atoms with van der Waals surface area (Å²) in [5.41, 5.74) is 0.838. The number of hydrogen-bond donors (Lipinski definition) is 1. The number of carbonyl (C=O) groups excluding carboxylic acids is 2. The van der Waals surface area contributed by atoms with Crippen molar-refractivity contribution in [3.8, 4) is 11.5 Å². The fraction of sp³-hybridized carbons (Fsp3) is 0.417. The molecule has 1 N–H and O–H groups in total. The molecule has 0 saturated heterocycles. The number of ether oxygens (including phenoxy) is 5. The predicted molar refractivity (Wildman–Crippen MR) is 119 cm³/mol. The number of carbonyl (C=O) groups is 2. The molecule has 0 fully saturated rings. The Hall–Kier alpha value is -3.10. The Morgan fingerprint density at radius 2 is 1.31 bits per heavy atom. The second-order valence-electron chi connectivity index (χ2n) is 6.17. The van der Waals surface area contributed by atoms with Gasteiger partial charge in [-0.3, -0.25) is 0 Å². The van der Waals surface area contributed by atoms with Crippen LogP contribution in [0.4, 0.5) is 0 Å². The van der Waals surface area contributed by atoms with E-state index in [0.29, 0.717) is 43.3 Å². The maximum Gasteiger partial charge on any atom is 0.338 e. The van der Waals surface area contributed by atoms with Gasteiger partial charge in [-0.25, -0.2) is 9.59 Å². The minimum atomic E-state index is -0.409. The highest BCUT2D eigenvalue weighted by molar-refractivity contribution is 5.90. The summed E-state index contributed by atoms with van der Waals surface area (Å²) in [7, 11) is 0. The summed E-state index contributed by atoms with van der Waals surface area (Å²) < 4.78 is 26.0. The van der Waals surface area contributed by atoms with E-state index in [9.17, 15) is 9.59 Å². The van der Waals surface area contributed by atoms with Crippen molar-refractivity contribution in [2.45, 2.75) is 34.0 Å². The quantitative estimate of drug-likeness (QED) is 0.403. The van der Waals surface area contributed by atoms with Crippen LogP contribution in [0.5, 0.6) is 11.5 Å². The molecule has 0 aliphatic carbocycles. The van der Waals surface area contributed by atoms with Crippen molar-refractivity contribution in [1.29, 1.82) is 0 Å². The van der Waals surface area contributed by atoms with E-state index in [2.05, 4.69) is 0 Å². The Balaban J connectivity index is 0.000000363. The Labute approximate surface area is 189 Å². The van der Waals surface area contributed by atoms with Crippen LogP contribution in [0.3, 0.4) is 0 Å². The van der Waals surface area contributed by atoms with Gasteiger partial charge in [0.05, 0.1) is 24.3 Å². The van der Waals surface area contributed by atoms with Gasteiger partial charge >= 0.3 is 11.9 Å². The van der Waals surface area contributed by atoms with Crippen LogP contribution in [-0.4, -0.2) is 56.4 Å². The van der Waals surface area contributed by atoms with Crippen molar-refractivity contribution < 1.29 is 38.4 Å². The van der Waals surface area contributed by atoms with Crippen LogP contribution >= 0.6 is 0 Å². The van der Waals surface area contributed by atoms with Crippen LogP contribution in [0.15, 0.2) is 48.5 Å². The van der Waals surface area contributed by atoms with Gasteiger partial charge in [0, 0.05) is 13.2 Å². The van der Waals surface area contributed by atoms with Gasteiger partial charge in [0.15, 0.2) is 6.29 Å². The first-order chi connectivity index (χ1) is 15.4. The van der Waals surface area contributed by atoms with Gasteiger partial charge in [0.25, 0.3) is 0 Å². The lowest BCUT2D eigenvalue weighted by atomic mass is 10.2. The first kappa shape index (κ1) is 26.9. The first-order valence-electron chi connectivity index (χ1n) is 10.5. The Morgan fingerprint density at radius 3 is 1.81 bits per heavy atom. The van der Waals surface area contributed by atoms with Crippen LogP contribution in [0, 0.1) is 0 Å². The molecule has 8 nitrogen and oxygen atoms in total. The lowest BCUT2D eigenvalue weighted by Crippen LogP contribution is -2.25. The molecule has 0 atom stereocenters. The molecule has 8 heteroatoms. The topological polar surface area (TPSA) is 101 Å². The number of aromatic hydroxyl groups is 1. The summed E-state index contributed by atoms with van der Waals surface area (Å²) in [4.78, 5) is 22.7. The van der Waals surface area contributed by atoms with Crippen molar-refractivity contribution in [2.24, 2.45) is 0 Å². The average Bonchev–Trinajstić information content (AvgIpc) is 2.79. The lowest BCUT2D eigenvalue weighted by molar-refractivity contribution is -0.152. The molecule has 2 aromatic carbocycles. The van der Waals surface area contributed by atoms with Crippen molar-refractivity contribution in [1.82, 2.24) is 0 Å². The normalized spacial score (nSPS) is 10.2. The molecule has 32 heavy (non-hydrogen) atoms. The van der Waals surface area contributed by atoms with E-state index in [1.165, 1.54) is 12.1 Å². The van der Waals surface area contributed by atoms with E-state index in [0.717, 1.165) is 0 Å². The van der Waals surface area contributed by atoms with Gasteiger partial charge in [0.1, 0.15) is 18.1 Å². The highest BCUT2D eigenvalue weighted by Gasteiger charge is 2.11. The zero-order valence-corrected chi connectivity index (χ0v) is 19.0. The second kappa shape index (κ2) is 15.7. The molecule has 0 amide bonds. The smallest absolute Gasteiger partial charge is 0.338 e. The number of phenolic OH excluding ortho intramolecular Hbond substituents is 1. The molecule has 0 saturated carbocycles. The van der Waals surface area contributed by atoms with Gasteiger partial charge in [-0.05, 0) is 64.1 Å². The van der Waals surface area contributed by atoms with E-state index in [1.807, 2.05) is 13.8 Å². The van der Waals surface area contributed by atoms with E-state index in [4.69, 9.17) is 28.8 Å². The van der Waals surface area contributed by atoms with E-state index >= 15 is 0 Å². The Bertz CT molecular complexity index is 815. The molecular weight excluding hydrogens is 416 g/mol. The minimum Gasteiger partial charge on any atom is -0.508 e. The highest BCUT2D eigenvalue weighted by Crippen LogP contribution is 2.15. The fourth-order valence-corrected chi connectivity index (χ4v) is 2.45. The van der Waals surface area contributed by atoms with Crippen LogP contribution in [-0.2, 0) is 18.9 Å². The number of hydrogen-bond acceptors (Lipinski definition) is 8. The van der Waals surface area contributed by atoms with Gasteiger partial charge in [-0.2, -0.15) is 0 Å². The molecule has 0 heterocycles. The summed E-state index contributed by atoms with van der Waals surface area (Å²) in [6, 6.07) is 12.9. The fourth-order valence-electron chi connectivity index (χ4n) is 2.45. The van der Waals surface area contributed by atoms with Gasteiger partial charge < -0.3 is 28.8 Å². The SMILES string of the molecule is CCOC(=O)c1cccc(O)c1.CCOC(=O)c1cccc(OCC(OCC)OCC)c1. The summed E-state index contributed by atoms with van der Waals surface area (Å²) >= 11 is 0. The van der Waals surface area contributed by atoms with Gasteiger partial charge in [-0.15, -0.1) is 0 Å². The maximum absolute atomic E-state index is 11.6. The Morgan fingerprint density at radius 1 is 0.781 bits per heavy atom. The largest absolute Gasteiger partial charge is 0.508 e. The first-order valence-corrected chi connectivity index (χ1v) is 10.5. The van der Waals surface area contributed by atoms with Crippen LogP contribution in [0.2, 0.25) is 0 Å². The number of benzene rings is 2. The highest BCUT2D eigenvalue weighted by atomic mass is 16.7. The molecule has 176 valence electrons. The summed E-state index contributed by atoms with van der Waals surface area (Å²) in [5, 5.41) is 9.02. The lowest BCUT2D eigenvalue weighted by Gasteiger charge is -2.17. The monoisotopic (exact) mass is 448 g/mol. The molecule has 0 bridgehead atoms. The second-order valence-corrected chi connectivity index (χ2v) is 6.17. The van der Waals surface area contributed by atoms with Gasteiger partial charge in [-0.1, -0.05) is 12.1 Å². The number of rotatable bonds is 11. The van der Waals surface area contributed by atoms with Crippen LogP contribution in [0.25, 0.3) is 0 Å². The third-order valence-electron chi connectivity index (χ3n) is 3.79. The van der Waals surface area contributed by atoms with Crippen LogP contribution < -0.4 is 4.74 Å². The zero-order valence-electron chi connectivity index (χ0n) is 19.0. The Kier molecular flexibility index (Phi) is 13.2. The van der Waals surface area contributed by atoms with Crippen molar-refractivity contribution in [3.05, 3.63) is 59.7 Å². The molecule has 0 aromatic heterocycles. The van der Waals surface area contributed by atoms with Crippen LogP contribution in [0.1, 0.15) is 48.4 Å². The average molecular weight is 449 g/mol. The molecular formula is C24H32O8. The molecule has 0 aliphatic rings. The molecule has 2 rings (SSSR count). The minimum absolute atomic E-state index is 0.0700. The molecule has 0 unspecified atom stereocenters. The van der Waals surface area contributed by atoms with Crippen molar-refractivity contribution in [3.63, 3.8) is 0 Å². The predicted octanol–water partition coefficient (Wildman–Crippen LogP) is 4.21. The number of esters is 2. The molecule has 0 aliphatic heterocycles. The molecule has 2 aromatic rings. The third kappa shape index (κ3) is 10.3. The van der Waals surface area contributed by atoms with Crippen molar-refractivity contribution >= 4 is 11.9 Å². The van der Waals surface area contributed by atoms with E-state index in [1.54, 1.807) is 50.2 Å². The number of phenols is 1. The maximum atomic E-state index is 11.6. The summed E-state index contributed by atoms with van der Waals surface area (Å²) in [6.45, 7) is 9.37. The molecule has 0 radical (unpaired) electrons. The van der Waals surface area contributed by atoms with Crippen molar-refractivity contribution in [2.75, 3.05) is 33.0 Å². The zero-order chi connectivity index (χ0) is 23.8. The third-order valence-corrected chi connectivity index (χ3v) is 3.79. The van der Waals surface area contributed by atoms with E-state index in [-0.39, 0.29) is 18.3 Å². The van der Waals surface area contributed by atoms with Gasteiger partial charge in [0.2, 0.25) is 0 Å². The van der Waals surface area contributed by atoms with E-state index < -0.39 is 12.3 Å². The summed E-state index contributed by atoms with van der Waals surface area (Å²) in [5.74, 6) is -0.113. The molecule has 0 spiro atoms. The standard InChI is InChI=1S/C15H22O5.C9H10O3/c1-4-17-14(18-5-2)11-20-13-9-7-8-12(10-13)15(16)19-6-3;1-2-12-9(11)7-4-3-5-8(10)6-7/h7-10,14H,4-6,11H2,1-3H3;3-6,10H,2H2,1H3. The summed E-state index contributed by atoms with van der Waals surface area (Å²) in [6.07, 6.45) is -0.406.